The predicted molar refractivity (Wildman–Crippen MR) is 65.1 cm³/mol. The van der Waals surface area contributed by atoms with Gasteiger partial charge in [-0.2, -0.15) is 0 Å². The highest BCUT2D eigenvalue weighted by Gasteiger charge is 2.55. The Labute approximate surface area is 111 Å². The van der Waals surface area contributed by atoms with Crippen LogP contribution in [0.2, 0.25) is 0 Å². The molecule has 1 aliphatic heterocycles. The van der Waals surface area contributed by atoms with E-state index in [2.05, 4.69) is 10.0 Å². The molecule has 0 aromatic rings. The Morgan fingerprint density at radius 2 is 1.84 bits per heavy atom. The number of rotatable bonds is 1. The summed E-state index contributed by atoms with van der Waals surface area (Å²) in [6.07, 6.45) is 2.38. The molecule has 3 rings (SSSR count). The Morgan fingerprint density at radius 1 is 1.11 bits per heavy atom. The van der Waals surface area contributed by atoms with Crippen molar-refractivity contribution in [3.8, 4) is 0 Å². The number of hydrogen-bond acceptors (Lipinski definition) is 5. The van der Waals surface area contributed by atoms with Gasteiger partial charge in [-0.1, -0.05) is 11.5 Å². The standard InChI is InChI=1S/C12H19N3O4/c13-15-14-7-6-8-11(10(17)9(7)16)19-12(18-8)4-2-1-3-5-12/h7-11,16-17H,1-6H2/t7-,8+,9+,10+,11+/m0/s1. The van der Waals surface area contributed by atoms with Gasteiger partial charge in [0.15, 0.2) is 5.79 Å². The number of nitrogens with zero attached hydrogens (tertiary/aromatic N) is 3. The van der Waals surface area contributed by atoms with Crippen LogP contribution in [-0.4, -0.2) is 46.5 Å². The molecule has 0 amide bonds. The third-order valence-electron chi connectivity index (χ3n) is 4.45. The van der Waals surface area contributed by atoms with E-state index in [-0.39, 0.29) is 6.10 Å². The summed E-state index contributed by atoms with van der Waals surface area (Å²) in [6, 6.07) is -0.649. The average Bonchev–Trinajstić information content (AvgIpc) is 2.75. The van der Waals surface area contributed by atoms with Gasteiger partial charge in [-0.05, 0) is 24.8 Å². The van der Waals surface area contributed by atoms with Gasteiger partial charge in [-0.15, -0.1) is 0 Å². The zero-order chi connectivity index (χ0) is 13.5. The normalized spacial score (nSPS) is 44.6. The molecule has 3 aliphatic rings. The lowest BCUT2D eigenvalue weighted by atomic mass is 9.86. The summed E-state index contributed by atoms with van der Waals surface area (Å²) in [5.41, 5.74) is 8.50. The van der Waals surface area contributed by atoms with Crippen molar-refractivity contribution in [2.75, 3.05) is 0 Å². The van der Waals surface area contributed by atoms with Crippen molar-refractivity contribution < 1.29 is 19.7 Å². The Bertz CT molecular complexity index is 392. The quantitative estimate of drug-likeness (QED) is 0.424. The van der Waals surface area contributed by atoms with Crippen LogP contribution in [0.1, 0.15) is 38.5 Å². The molecule has 2 N–H and O–H groups in total. The molecule has 2 saturated carbocycles. The van der Waals surface area contributed by atoms with Gasteiger partial charge in [0.2, 0.25) is 0 Å². The molecule has 1 spiro atoms. The highest BCUT2D eigenvalue weighted by atomic mass is 16.8. The topological polar surface area (TPSA) is 108 Å². The first kappa shape index (κ1) is 13.1. The van der Waals surface area contributed by atoms with Crippen LogP contribution in [0.3, 0.4) is 0 Å². The van der Waals surface area contributed by atoms with Crippen molar-refractivity contribution in [2.24, 2.45) is 5.11 Å². The fraction of sp³-hybridized carbons (Fsp3) is 1.00. The van der Waals surface area contributed by atoms with Crippen molar-refractivity contribution in [1.29, 1.82) is 0 Å². The van der Waals surface area contributed by atoms with Crippen molar-refractivity contribution >= 4 is 0 Å². The lowest BCUT2D eigenvalue weighted by Gasteiger charge is -2.35. The first-order valence-corrected chi connectivity index (χ1v) is 6.91. The van der Waals surface area contributed by atoms with Crippen molar-refractivity contribution in [1.82, 2.24) is 0 Å². The van der Waals surface area contributed by atoms with E-state index < -0.39 is 30.1 Å². The molecule has 5 atom stereocenters. The molecule has 0 unspecified atom stereocenters. The number of hydrogen-bond donors (Lipinski definition) is 2. The van der Waals surface area contributed by atoms with E-state index in [0.29, 0.717) is 6.42 Å². The zero-order valence-corrected chi connectivity index (χ0v) is 10.7. The summed E-state index contributed by atoms with van der Waals surface area (Å²) in [7, 11) is 0. The van der Waals surface area contributed by atoms with Crippen LogP contribution < -0.4 is 0 Å². The molecule has 3 fully saturated rings. The number of aliphatic hydroxyl groups excluding tert-OH is 2. The maximum Gasteiger partial charge on any atom is 0.169 e. The van der Waals surface area contributed by atoms with Gasteiger partial charge in [0.1, 0.15) is 12.2 Å². The van der Waals surface area contributed by atoms with Gasteiger partial charge in [0.25, 0.3) is 0 Å². The third-order valence-corrected chi connectivity index (χ3v) is 4.45. The monoisotopic (exact) mass is 269 g/mol. The van der Waals surface area contributed by atoms with Crippen molar-refractivity contribution in [3.05, 3.63) is 10.4 Å². The van der Waals surface area contributed by atoms with Crippen molar-refractivity contribution in [3.63, 3.8) is 0 Å². The Balaban J connectivity index is 1.78. The van der Waals surface area contributed by atoms with E-state index in [9.17, 15) is 10.2 Å². The van der Waals surface area contributed by atoms with Gasteiger partial charge in [0.05, 0.1) is 18.2 Å². The van der Waals surface area contributed by atoms with E-state index in [0.717, 1.165) is 25.7 Å². The zero-order valence-electron chi connectivity index (χ0n) is 10.7. The van der Waals surface area contributed by atoms with Crippen LogP contribution in [0.4, 0.5) is 0 Å². The average molecular weight is 269 g/mol. The second kappa shape index (κ2) is 4.92. The first-order chi connectivity index (χ1) is 9.15. The van der Waals surface area contributed by atoms with Crippen LogP contribution in [0, 0.1) is 0 Å². The fourth-order valence-electron chi connectivity index (χ4n) is 3.47. The maximum atomic E-state index is 10.1. The molecule has 7 heteroatoms. The molecular formula is C12H19N3O4. The highest BCUT2D eigenvalue weighted by molar-refractivity contribution is 5.02. The van der Waals surface area contributed by atoms with Gasteiger partial charge in [-0.25, -0.2) is 0 Å². The Hall–Kier alpha value is -0.850. The number of fused-ring (bicyclic) bond motifs is 1. The van der Waals surface area contributed by atoms with Gasteiger partial charge in [0, 0.05) is 17.8 Å². The lowest BCUT2D eigenvalue weighted by Crippen LogP contribution is -2.54. The number of azide groups is 1. The summed E-state index contributed by atoms with van der Waals surface area (Å²) in [5, 5.41) is 23.6. The molecule has 19 heavy (non-hydrogen) atoms. The van der Waals surface area contributed by atoms with Crippen LogP contribution in [-0.2, 0) is 9.47 Å². The SMILES string of the molecule is [N-]=[N+]=N[C@H]1C[C@H]2OC3(CCCCC3)O[C@H]2[C@H](O)[C@@H]1O. The second-order valence-electron chi connectivity index (χ2n) is 5.70. The summed E-state index contributed by atoms with van der Waals surface area (Å²) in [6.45, 7) is 0. The highest BCUT2D eigenvalue weighted by Crippen LogP contribution is 2.45. The number of ether oxygens (including phenoxy) is 2. The molecule has 0 bridgehead atoms. The van der Waals surface area contributed by atoms with Crippen LogP contribution in [0.25, 0.3) is 10.4 Å². The Kier molecular flexibility index (Phi) is 3.41. The minimum absolute atomic E-state index is 0.299. The first-order valence-electron chi connectivity index (χ1n) is 6.91. The second-order valence-corrected chi connectivity index (χ2v) is 5.70. The predicted octanol–water partition coefficient (Wildman–Crippen LogP) is 1.24. The van der Waals surface area contributed by atoms with Crippen LogP contribution in [0.5, 0.6) is 0 Å². The summed E-state index contributed by atoms with van der Waals surface area (Å²) in [5.74, 6) is -0.598. The smallest absolute Gasteiger partial charge is 0.169 e. The fourth-order valence-corrected chi connectivity index (χ4v) is 3.47. The molecule has 1 heterocycles. The third kappa shape index (κ3) is 2.22. The van der Waals surface area contributed by atoms with E-state index >= 15 is 0 Å². The van der Waals surface area contributed by atoms with E-state index in [1.54, 1.807) is 0 Å². The Morgan fingerprint density at radius 3 is 2.53 bits per heavy atom. The summed E-state index contributed by atoms with van der Waals surface area (Å²) < 4.78 is 11.9. The lowest BCUT2D eigenvalue weighted by molar-refractivity contribution is -0.201. The van der Waals surface area contributed by atoms with Gasteiger partial charge in [-0.3, -0.25) is 0 Å². The molecule has 7 nitrogen and oxygen atoms in total. The minimum Gasteiger partial charge on any atom is -0.390 e. The maximum absolute atomic E-state index is 10.1. The van der Waals surface area contributed by atoms with Gasteiger partial charge < -0.3 is 19.7 Å². The molecule has 106 valence electrons. The van der Waals surface area contributed by atoms with E-state index in [4.69, 9.17) is 15.0 Å². The molecule has 1 saturated heterocycles. The minimum atomic E-state index is -1.08. The summed E-state index contributed by atoms with van der Waals surface area (Å²) in [4.78, 5) is 2.72. The van der Waals surface area contributed by atoms with Crippen LogP contribution >= 0.6 is 0 Å². The van der Waals surface area contributed by atoms with Crippen molar-refractivity contribution in [2.45, 2.75) is 74.8 Å². The van der Waals surface area contributed by atoms with Crippen LogP contribution in [0.15, 0.2) is 5.11 Å². The molecule has 0 aromatic heterocycles. The number of aliphatic hydroxyl groups is 2. The largest absolute Gasteiger partial charge is 0.390 e. The molecular weight excluding hydrogens is 250 g/mol. The summed E-state index contributed by atoms with van der Waals surface area (Å²) >= 11 is 0. The van der Waals surface area contributed by atoms with E-state index in [1.165, 1.54) is 6.42 Å². The van der Waals surface area contributed by atoms with Gasteiger partial charge >= 0.3 is 0 Å². The van der Waals surface area contributed by atoms with E-state index in [1.807, 2.05) is 0 Å². The molecule has 2 aliphatic carbocycles. The molecule has 0 radical (unpaired) electrons. The molecule has 0 aromatic carbocycles.